The third kappa shape index (κ3) is 4.49. The van der Waals surface area contributed by atoms with E-state index in [2.05, 4.69) is 9.97 Å². The van der Waals surface area contributed by atoms with Crippen LogP contribution in [0.3, 0.4) is 0 Å². The van der Waals surface area contributed by atoms with Crippen molar-refractivity contribution in [3.8, 4) is 16.9 Å². The van der Waals surface area contributed by atoms with Gasteiger partial charge in [0.15, 0.2) is 0 Å². The Bertz CT molecular complexity index is 870. The van der Waals surface area contributed by atoms with Crippen LogP contribution in [0.5, 0.6) is 5.75 Å². The molecule has 0 saturated carbocycles. The highest BCUT2D eigenvalue weighted by molar-refractivity contribution is 5.74. The number of aryl methyl sites for hydroxylation is 1. The molecule has 1 aliphatic heterocycles. The molecule has 1 saturated heterocycles. The van der Waals surface area contributed by atoms with Crippen molar-refractivity contribution >= 4 is 11.9 Å². The van der Waals surface area contributed by atoms with Gasteiger partial charge in [-0.2, -0.15) is 13.2 Å². The maximum Gasteiger partial charge on any atom is 0.416 e. The van der Waals surface area contributed by atoms with Gasteiger partial charge in [-0.15, -0.1) is 0 Å². The number of carbonyl (C=O) groups excluding carboxylic acids is 1. The molecule has 0 atom stereocenters. The first-order chi connectivity index (χ1) is 12.6. The number of nitrogens with zero attached hydrogens (tertiary/aromatic N) is 3. The minimum Gasteiger partial charge on any atom is -0.546 e. The summed E-state index contributed by atoms with van der Waals surface area (Å²) in [5.41, 5.74) is -0.218. The first kappa shape index (κ1) is 21.4. The standard InChI is InChI=1S/C17H16F3N3O4.H3N/c1-9-13(5-21-16(22-9)23-6-11(24)7-23)12-4-10(17(18,19)20)2-3-14(12)27-8-15(25)26;/h2-5,11,24H,6-8H2,1H3,(H,25,26);1H3. The van der Waals surface area contributed by atoms with Crippen LogP contribution in [-0.4, -0.2) is 46.8 Å². The van der Waals surface area contributed by atoms with E-state index < -0.39 is 30.4 Å². The number of halogens is 3. The number of carboxylic acids is 1. The molecule has 0 unspecified atom stereocenters. The molecule has 11 heteroatoms. The summed E-state index contributed by atoms with van der Waals surface area (Å²) in [6, 6.07) is 2.73. The van der Waals surface area contributed by atoms with Crippen LogP contribution in [-0.2, 0) is 11.0 Å². The number of β-amino-alcohol motifs (C(OH)–C–C–N with tert-alkyl or cyclic N) is 1. The van der Waals surface area contributed by atoms with E-state index in [-0.39, 0.29) is 23.0 Å². The van der Waals surface area contributed by atoms with Gasteiger partial charge in [0.25, 0.3) is 0 Å². The lowest BCUT2D eigenvalue weighted by Crippen LogP contribution is -2.51. The van der Waals surface area contributed by atoms with E-state index in [1.165, 1.54) is 6.20 Å². The normalized spacial score (nSPS) is 14.2. The molecule has 8 nitrogen and oxygen atoms in total. The van der Waals surface area contributed by atoms with Gasteiger partial charge in [0.05, 0.1) is 23.3 Å². The summed E-state index contributed by atoms with van der Waals surface area (Å²) < 4.78 is 44.3. The van der Waals surface area contributed by atoms with Gasteiger partial charge >= 0.3 is 6.18 Å². The van der Waals surface area contributed by atoms with Crippen LogP contribution in [0.25, 0.3) is 11.1 Å². The van der Waals surface area contributed by atoms with E-state index in [1.54, 1.807) is 11.8 Å². The smallest absolute Gasteiger partial charge is 0.416 e. The molecule has 3 rings (SSSR count). The predicted molar refractivity (Wildman–Crippen MR) is 91.9 cm³/mol. The van der Waals surface area contributed by atoms with Crippen molar-refractivity contribution in [2.24, 2.45) is 0 Å². The van der Waals surface area contributed by atoms with Crippen LogP contribution < -0.4 is 20.9 Å². The Hall–Kier alpha value is -2.92. The summed E-state index contributed by atoms with van der Waals surface area (Å²) in [5.74, 6) is -1.20. The SMILES string of the molecule is Cc1nc(N2CC(O)C2)ncc1-c1cc(C(F)(F)F)ccc1OCC(=O)[O-].[NH4+]. The van der Waals surface area contributed by atoms with Gasteiger partial charge in [-0.1, -0.05) is 0 Å². The number of ether oxygens (including phenoxy) is 1. The van der Waals surface area contributed by atoms with Crippen LogP contribution in [0.2, 0.25) is 0 Å². The van der Waals surface area contributed by atoms with Crippen molar-refractivity contribution < 1.29 is 32.9 Å². The summed E-state index contributed by atoms with van der Waals surface area (Å²) in [6.07, 6.45) is -3.69. The number of rotatable bonds is 5. The Labute approximate surface area is 158 Å². The van der Waals surface area contributed by atoms with E-state index in [0.29, 0.717) is 24.7 Å². The Morgan fingerprint density at radius 2 is 2.04 bits per heavy atom. The second kappa shape index (κ2) is 7.98. The van der Waals surface area contributed by atoms with Gasteiger partial charge in [0, 0.05) is 30.4 Å². The number of carboxylic acid groups (broad SMARTS) is 1. The summed E-state index contributed by atoms with van der Waals surface area (Å²) in [4.78, 5) is 20.8. The van der Waals surface area contributed by atoms with Gasteiger partial charge in [-0.25, -0.2) is 9.97 Å². The lowest BCUT2D eigenvalue weighted by atomic mass is 10.0. The quantitative estimate of drug-likeness (QED) is 0.769. The van der Waals surface area contributed by atoms with Gasteiger partial charge in [0.2, 0.25) is 5.95 Å². The maximum absolute atomic E-state index is 13.1. The van der Waals surface area contributed by atoms with E-state index in [9.17, 15) is 28.2 Å². The average molecular weight is 400 g/mol. The van der Waals surface area contributed by atoms with Crippen molar-refractivity contribution in [3.05, 3.63) is 35.7 Å². The number of aliphatic carboxylic acids is 1. The molecule has 0 bridgehead atoms. The van der Waals surface area contributed by atoms with Gasteiger partial charge in [-0.05, 0) is 25.1 Å². The van der Waals surface area contributed by atoms with Gasteiger partial charge < -0.3 is 30.8 Å². The zero-order valence-electron chi connectivity index (χ0n) is 15.2. The number of aliphatic hydroxyl groups excluding tert-OH is 1. The lowest BCUT2D eigenvalue weighted by Gasteiger charge is -2.35. The molecule has 152 valence electrons. The molecule has 2 aromatic rings. The third-order valence-corrected chi connectivity index (χ3v) is 4.05. The van der Waals surface area contributed by atoms with Crippen LogP contribution >= 0.6 is 0 Å². The molecule has 0 radical (unpaired) electrons. The van der Waals surface area contributed by atoms with Crippen LogP contribution in [0, 0.1) is 6.92 Å². The Morgan fingerprint density at radius 1 is 1.36 bits per heavy atom. The number of benzene rings is 1. The van der Waals surface area contributed by atoms with Crippen molar-refractivity contribution in [2.45, 2.75) is 19.2 Å². The predicted octanol–water partition coefficient (Wildman–Crippen LogP) is 1.16. The fourth-order valence-corrected chi connectivity index (χ4v) is 2.67. The number of carbonyl (C=O) groups is 1. The molecule has 5 N–H and O–H groups in total. The van der Waals surface area contributed by atoms with Gasteiger partial charge in [-0.3, -0.25) is 0 Å². The molecular weight excluding hydrogens is 381 g/mol. The van der Waals surface area contributed by atoms with Crippen LogP contribution in [0.1, 0.15) is 11.3 Å². The monoisotopic (exact) mass is 400 g/mol. The van der Waals surface area contributed by atoms with E-state index >= 15 is 0 Å². The van der Waals surface area contributed by atoms with Gasteiger partial charge in [0.1, 0.15) is 12.4 Å². The zero-order chi connectivity index (χ0) is 19.8. The highest BCUT2D eigenvalue weighted by atomic mass is 19.4. The Kier molecular flexibility index (Phi) is 6.10. The number of alkyl halides is 3. The summed E-state index contributed by atoms with van der Waals surface area (Å²) in [5, 5.41) is 20.0. The average Bonchev–Trinajstić information content (AvgIpc) is 2.56. The fraction of sp³-hybridized carbons (Fsp3) is 0.353. The minimum atomic E-state index is -4.58. The van der Waals surface area contributed by atoms with E-state index in [4.69, 9.17) is 4.74 Å². The van der Waals surface area contributed by atoms with Crippen molar-refractivity contribution in [1.29, 1.82) is 0 Å². The molecule has 1 fully saturated rings. The number of hydrogen-bond donors (Lipinski definition) is 2. The number of quaternary nitrogens is 1. The second-order valence-electron chi connectivity index (χ2n) is 6.10. The van der Waals surface area contributed by atoms with Crippen LogP contribution in [0.4, 0.5) is 19.1 Å². The fourth-order valence-electron chi connectivity index (χ4n) is 2.67. The Morgan fingerprint density at radius 3 is 2.57 bits per heavy atom. The Balaban J connectivity index is 0.00000280. The summed E-state index contributed by atoms with van der Waals surface area (Å²) >= 11 is 0. The number of anilines is 1. The first-order valence-electron chi connectivity index (χ1n) is 7.96. The molecule has 28 heavy (non-hydrogen) atoms. The number of aromatic nitrogens is 2. The molecule has 2 heterocycles. The largest absolute Gasteiger partial charge is 0.546 e. The van der Waals surface area contributed by atoms with Crippen molar-refractivity contribution in [3.63, 3.8) is 0 Å². The molecule has 1 aromatic carbocycles. The molecule has 1 aromatic heterocycles. The molecule has 1 aliphatic rings. The summed E-state index contributed by atoms with van der Waals surface area (Å²) in [7, 11) is 0. The van der Waals surface area contributed by atoms with Crippen molar-refractivity contribution in [1.82, 2.24) is 16.1 Å². The number of hydrogen-bond acceptors (Lipinski definition) is 7. The zero-order valence-corrected chi connectivity index (χ0v) is 15.2. The van der Waals surface area contributed by atoms with E-state index in [0.717, 1.165) is 18.2 Å². The highest BCUT2D eigenvalue weighted by Crippen LogP contribution is 2.38. The summed E-state index contributed by atoms with van der Waals surface area (Å²) in [6.45, 7) is 1.55. The molecule has 0 amide bonds. The maximum atomic E-state index is 13.1. The van der Waals surface area contributed by atoms with E-state index in [1.807, 2.05) is 0 Å². The molecule has 0 spiro atoms. The van der Waals surface area contributed by atoms with Crippen LogP contribution in [0.15, 0.2) is 24.4 Å². The number of aliphatic hydroxyl groups is 1. The third-order valence-electron chi connectivity index (χ3n) is 4.05. The first-order valence-corrected chi connectivity index (χ1v) is 7.96. The highest BCUT2D eigenvalue weighted by Gasteiger charge is 2.32. The van der Waals surface area contributed by atoms with Crippen molar-refractivity contribution in [2.75, 3.05) is 24.6 Å². The second-order valence-corrected chi connectivity index (χ2v) is 6.10. The topological polar surface area (TPSA) is 135 Å². The minimum absolute atomic E-state index is 0. The molecule has 0 aliphatic carbocycles. The lowest BCUT2D eigenvalue weighted by molar-refractivity contribution is -0.307. The molecular formula is C17H19F3N4O4.